The van der Waals surface area contributed by atoms with Crippen LogP contribution >= 0.6 is 0 Å². The fraction of sp³-hybridized carbons (Fsp3) is 0.333. The van der Waals surface area contributed by atoms with Gasteiger partial charge in [0.2, 0.25) is 0 Å². The Morgan fingerprint density at radius 1 is 1.48 bits per heavy atom. The number of rotatable bonds is 3. The van der Waals surface area contributed by atoms with E-state index in [0.717, 1.165) is 6.42 Å². The summed E-state index contributed by atoms with van der Waals surface area (Å²) in [4.78, 5) is 12.6. The lowest BCUT2D eigenvalue weighted by atomic mass is 10.1. The van der Waals surface area contributed by atoms with Crippen LogP contribution in [-0.4, -0.2) is 28.7 Å². The fourth-order valence-electron chi connectivity index (χ4n) is 2.80. The average Bonchev–Trinajstić information content (AvgIpc) is 2.96. The quantitative estimate of drug-likeness (QED) is 0.579. The van der Waals surface area contributed by atoms with Crippen molar-refractivity contribution < 1.29 is 9.84 Å². The third-order valence-electron chi connectivity index (χ3n) is 3.88. The van der Waals surface area contributed by atoms with E-state index in [4.69, 9.17) is 15.9 Å². The van der Waals surface area contributed by atoms with E-state index in [2.05, 4.69) is 0 Å². The molecule has 1 aliphatic heterocycles. The smallest absolute Gasteiger partial charge is 0.265 e. The first-order valence-corrected chi connectivity index (χ1v) is 6.86. The van der Waals surface area contributed by atoms with Crippen LogP contribution in [0.5, 0.6) is 5.75 Å². The van der Waals surface area contributed by atoms with Crippen molar-refractivity contribution in [2.45, 2.75) is 13.0 Å². The number of aromatic nitrogens is 1. The summed E-state index contributed by atoms with van der Waals surface area (Å²) < 4.78 is 6.94. The van der Waals surface area contributed by atoms with Crippen molar-refractivity contribution in [2.75, 3.05) is 13.2 Å². The van der Waals surface area contributed by atoms with Crippen molar-refractivity contribution in [3.05, 3.63) is 40.2 Å². The van der Waals surface area contributed by atoms with Gasteiger partial charge in [0.25, 0.3) is 5.56 Å². The monoisotopic (exact) mass is 287 g/mol. The number of hydrogen-bond acceptors (Lipinski definition) is 4. The average molecular weight is 287 g/mol. The van der Waals surface area contributed by atoms with E-state index in [-0.39, 0.29) is 17.2 Å². The highest BCUT2D eigenvalue weighted by molar-refractivity contribution is 6.02. The second-order valence-electron chi connectivity index (χ2n) is 5.30. The lowest BCUT2D eigenvalue weighted by Crippen LogP contribution is -2.32. The summed E-state index contributed by atoms with van der Waals surface area (Å²) in [6.07, 6.45) is 0.900. The number of nitrogens with two attached hydrogens (primary N) is 1. The number of benzene rings is 1. The molecular weight excluding hydrogens is 270 g/mol. The van der Waals surface area contributed by atoms with Gasteiger partial charge in [0.1, 0.15) is 17.1 Å². The Balaban J connectivity index is 2.25. The predicted molar refractivity (Wildman–Crippen MR) is 79.8 cm³/mol. The van der Waals surface area contributed by atoms with E-state index < -0.39 is 11.4 Å². The van der Waals surface area contributed by atoms with Gasteiger partial charge in [-0.2, -0.15) is 0 Å². The van der Waals surface area contributed by atoms with E-state index in [1.165, 1.54) is 0 Å². The minimum absolute atomic E-state index is 0.132. The molecule has 4 N–H and O–H groups in total. The molecule has 1 atom stereocenters. The van der Waals surface area contributed by atoms with Crippen LogP contribution in [0.15, 0.2) is 29.1 Å². The van der Waals surface area contributed by atoms with Crippen LogP contribution in [0.1, 0.15) is 12.0 Å². The topological polar surface area (TPSA) is 101 Å². The molecule has 1 unspecified atom stereocenters. The standard InChI is InChI=1S/C15H17N3O3/c16-14(17)12-13(19)10-3-1-2-4-11(10)18(15(12)20)7-9-5-6-21-8-9/h1-4,9,19H,5-8H2,(H3,16,17). The summed E-state index contributed by atoms with van der Waals surface area (Å²) in [7, 11) is 0. The second-order valence-corrected chi connectivity index (χ2v) is 5.30. The van der Waals surface area contributed by atoms with Crippen LogP contribution in [0.4, 0.5) is 0 Å². The number of nitrogens with zero attached hydrogens (tertiary/aromatic N) is 1. The molecule has 21 heavy (non-hydrogen) atoms. The molecule has 0 bridgehead atoms. The first-order chi connectivity index (χ1) is 10.1. The minimum atomic E-state index is -0.425. The van der Waals surface area contributed by atoms with Gasteiger partial charge >= 0.3 is 0 Å². The van der Waals surface area contributed by atoms with Crippen LogP contribution in [0.2, 0.25) is 0 Å². The van der Waals surface area contributed by atoms with Gasteiger partial charge in [-0.3, -0.25) is 10.2 Å². The molecule has 1 saturated heterocycles. The van der Waals surface area contributed by atoms with Crippen molar-refractivity contribution in [2.24, 2.45) is 11.7 Å². The SMILES string of the molecule is N=C(N)c1c(O)c2ccccc2n(CC2CCOC2)c1=O. The molecule has 2 heterocycles. The molecule has 3 rings (SSSR count). The zero-order valence-electron chi connectivity index (χ0n) is 11.5. The number of nitrogens with one attached hydrogen (secondary N) is 1. The number of aromatic hydroxyl groups is 1. The van der Waals surface area contributed by atoms with E-state index >= 15 is 0 Å². The zero-order chi connectivity index (χ0) is 15.0. The predicted octanol–water partition coefficient (Wildman–Crippen LogP) is 1.03. The first-order valence-electron chi connectivity index (χ1n) is 6.86. The molecule has 6 heteroatoms. The molecule has 1 aliphatic rings. The molecule has 6 nitrogen and oxygen atoms in total. The van der Waals surface area contributed by atoms with Crippen LogP contribution in [0, 0.1) is 11.3 Å². The number of nitrogen functional groups attached to an aromatic ring is 1. The zero-order valence-corrected chi connectivity index (χ0v) is 11.5. The van der Waals surface area contributed by atoms with Gasteiger partial charge in [0.05, 0.1) is 12.1 Å². The minimum Gasteiger partial charge on any atom is -0.506 e. The largest absolute Gasteiger partial charge is 0.506 e. The Bertz CT molecular complexity index is 761. The van der Waals surface area contributed by atoms with Gasteiger partial charge in [-0.1, -0.05) is 12.1 Å². The highest BCUT2D eigenvalue weighted by Crippen LogP contribution is 2.27. The molecule has 1 aromatic heterocycles. The third kappa shape index (κ3) is 2.27. The number of ether oxygens (including phenoxy) is 1. The highest BCUT2D eigenvalue weighted by atomic mass is 16.5. The van der Waals surface area contributed by atoms with Gasteiger partial charge in [0, 0.05) is 24.5 Å². The van der Waals surface area contributed by atoms with E-state index in [0.29, 0.717) is 30.7 Å². The fourth-order valence-corrected chi connectivity index (χ4v) is 2.80. The maximum Gasteiger partial charge on any atom is 0.265 e. The van der Waals surface area contributed by atoms with Crippen molar-refractivity contribution >= 4 is 16.7 Å². The molecule has 0 saturated carbocycles. The summed E-state index contributed by atoms with van der Waals surface area (Å²) in [6.45, 7) is 1.83. The maximum atomic E-state index is 12.6. The molecule has 0 amide bonds. The summed E-state index contributed by atoms with van der Waals surface area (Å²) in [5.41, 5.74) is 5.56. The second kappa shape index (κ2) is 5.21. The maximum absolute atomic E-state index is 12.6. The van der Waals surface area contributed by atoms with Crippen molar-refractivity contribution in [1.82, 2.24) is 4.57 Å². The molecule has 2 aromatic rings. The van der Waals surface area contributed by atoms with E-state index in [1.54, 1.807) is 22.8 Å². The summed E-state index contributed by atoms with van der Waals surface area (Å²) in [5, 5.41) is 18.3. The van der Waals surface area contributed by atoms with Crippen molar-refractivity contribution in [1.29, 1.82) is 5.41 Å². The van der Waals surface area contributed by atoms with Crippen LogP contribution in [0.25, 0.3) is 10.9 Å². The Kier molecular flexibility index (Phi) is 3.39. The lowest BCUT2D eigenvalue weighted by Gasteiger charge is -2.16. The molecular formula is C15H17N3O3. The number of fused-ring (bicyclic) bond motifs is 1. The summed E-state index contributed by atoms with van der Waals surface area (Å²) >= 11 is 0. The van der Waals surface area contributed by atoms with Crippen LogP contribution in [0.3, 0.4) is 0 Å². The third-order valence-corrected chi connectivity index (χ3v) is 3.88. The number of para-hydroxylation sites is 1. The highest BCUT2D eigenvalue weighted by Gasteiger charge is 2.22. The Morgan fingerprint density at radius 2 is 2.24 bits per heavy atom. The molecule has 1 aromatic carbocycles. The molecule has 1 fully saturated rings. The van der Waals surface area contributed by atoms with Gasteiger partial charge in [-0.15, -0.1) is 0 Å². The van der Waals surface area contributed by atoms with Gasteiger partial charge in [-0.05, 0) is 18.6 Å². The lowest BCUT2D eigenvalue weighted by molar-refractivity contribution is 0.182. The molecule has 0 spiro atoms. The van der Waals surface area contributed by atoms with Crippen molar-refractivity contribution in [3.63, 3.8) is 0 Å². The number of amidine groups is 1. The van der Waals surface area contributed by atoms with E-state index in [9.17, 15) is 9.90 Å². The Labute approximate surface area is 121 Å². The number of pyridine rings is 1. The van der Waals surface area contributed by atoms with Gasteiger partial charge < -0.3 is 20.1 Å². The normalized spacial score (nSPS) is 18.2. The Morgan fingerprint density at radius 3 is 2.90 bits per heavy atom. The van der Waals surface area contributed by atoms with E-state index in [1.807, 2.05) is 6.07 Å². The summed E-state index contributed by atoms with van der Waals surface area (Å²) in [6, 6.07) is 7.10. The number of hydrogen-bond donors (Lipinski definition) is 3. The first kappa shape index (κ1) is 13.6. The molecule has 0 radical (unpaired) electrons. The molecule has 110 valence electrons. The van der Waals surface area contributed by atoms with Gasteiger partial charge in [0.15, 0.2) is 0 Å². The van der Waals surface area contributed by atoms with Gasteiger partial charge in [-0.25, -0.2) is 0 Å². The van der Waals surface area contributed by atoms with Crippen LogP contribution < -0.4 is 11.3 Å². The van der Waals surface area contributed by atoms with Crippen LogP contribution in [-0.2, 0) is 11.3 Å². The van der Waals surface area contributed by atoms with Crippen molar-refractivity contribution in [3.8, 4) is 5.75 Å². The molecule has 0 aliphatic carbocycles. The summed E-state index contributed by atoms with van der Waals surface area (Å²) in [5.74, 6) is -0.378. The Hall–Kier alpha value is -2.34.